The van der Waals surface area contributed by atoms with Crippen LogP contribution >= 0.6 is 11.8 Å². The van der Waals surface area contributed by atoms with Gasteiger partial charge < -0.3 is 10.2 Å². The highest BCUT2D eigenvalue weighted by Crippen LogP contribution is 1.97. The van der Waals surface area contributed by atoms with Crippen LogP contribution in [0.5, 0.6) is 0 Å². The largest absolute Gasteiger partial charge is 0.344 e. The molecule has 88 valence electrons. The zero-order chi connectivity index (χ0) is 11.1. The zero-order valence-electron chi connectivity index (χ0n) is 9.66. The first-order valence-electron chi connectivity index (χ1n) is 5.40. The zero-order valence-corrected chi connectivity index (χ0v) is 10.5. The number of hydrogen-bond acceptors (Lipinski definition) is 4. The molecular weight excluding hydrogens is 210 g/mol. The summed E-state index contributed by atoms with van der Waals surface area (Å²) < 4.78 is 0. The predicted molar refractivity (Wildman–Crippen MR) is 65.3 cm³/mol. The Hall–Kier alpha value is -0.260. The standard InChI is InChI=1S/C10H21N3OS/c1-12(10(14)9-15-2)7-8-13-5-3-11-4-6-13/h11H,3-9H2,1-2H3. The van der Waals surface area contributed by atoms with Crippen LogP contribution in [0.2, 0.25) is 0 Å². The molecular formula is C10H21N3OS. The number of hydrogen-bond donors (Lipinski definition) is 1. The molecule has 1 heterocycles. The Balaban J connectivity index is 2.14. The van der Waals surface area contributed by atoms with Crippen LogP contribution in [0.15, 0.2) is 0 Å². The molecule has 1 rings (SSSR count). The molecule has 0 saturated carbocycles. The van der Waals surface area contributed by atoms with E-state index >= 15 is 0 Å². The molecule has 1 amide bonds. The van der Waals surface area contributed by atoms with Crippen molar-refractivity contribution in [2.24, 2.45) is 0 Å². The minimum absolute atomic E-state index is 0.234. The minimum atomic E-state index is 0.234. The van der Waals surface area contributed by atoms with Gasteiger partial charge >= 0.3 is 0 Å². The van der Waals surface area contributed by atoms with Gasteiger partial charge in [-0.1, -0.05) is 0 Å². The van der Waals surface area contributed by atoms with Crippen molar-refractivity contribution in [2.75, 3.05) is 58.3 Å². The first-order valence-corrected chi connectivity index (χ1v) is 6.79. The van der Waals surface area contributed by atoms with E-state index < -0.39 is 0 Å². The van der Waals surface area contributed by atoms with Gasteiger partial charge in [0.05, 0.1) is 5.75 Å². The molecule has 0 aromatic carbocycles. The molecule has 1 aliphatic rings. The van der Waals surface area contributed by atoms with Crippen molar-refractivity contribution >= 4 is 17.7 Å². The second kappa shape index (κ2) is 7.09. The Bertz CT molecular complexity index is 195. The first-order chi connectivity index (χ1) is 7.24. The highest BCUT2D eigenvalue weighted by molar-refractivity contribution is 7.99. The van der Waals surface area contributed by atoms with Crippen molar-refractivity contribution in [3.8, 4) is 0 Å². The predicted octanol–water partition coefficient (Wildman–Crippen LogP) is -0.287. The third-order valence-electron chi connectivity index (χ3n) is 2.65. The van der Waals surface area contributed by atoms with Gasteiger partial charge in [0.1, 0.15) is 0 Å². The highest BCUT2D eigenvalue weighted by atomic mass is 32.2. The Morgan fingerprint density at radius 3 is 2.73 bits per heavy atom. The van der Waals surface area contributed by atoms with Crippen molar-refractivity contribution < 1.29 is 4.79 Å². The quantitative estimate of drug-likeness (QED) is 0.705. The monoisotopic (exact) mass is 231 g/mol. The normalized spacial score (nSPS) is 17.7. The van der Waals surface area contributed by atoms with E-state index in [2.05, 4.69) is 10.2 Å². The van der Waals surface area contributed by atoms with Gasteiger partial charge in [0, 0.05) is 46.3 Å². The summed E-state index contributed by atoms with van der Waals surface area (Å²) in [4.78, 5) is 15.7. The van der Waals surface area contributed by atoms with Gasteiger partial charge in [-0.3, -0.25) is 9.69 Å². The van der Waals surface area contributed by atoms with Crippen molar-refractivity contribution in [3.05, 3.63) is 0 Å². The molecule has 0 aromatic heterocycles. The third-order valence-corrected chi connectivity index (χ3v) is 3.19. The Morgan fingerprint density at radius 2 is 2.13 bits per heavy atom. The third kappa shape index (κ3) is 4.86. The van der Waals surface area contributed by atoms with E-state index in [1.165, 1.54) is 0 Å². The van der Waals surface area contributed by atoms with Gasteiger partial charge in [0.25, 0.3) is 0 Å². The highest BCUT2D eigenvalue weighted by Gasteiger charge is 2.12. The number of amides is 1. The summed E-state index contributed by atoms with van der Waals surface area (Å²) >= 11 is 1.58. The number of thioether (sulfide) groups is 1. The summed E-state index contributed by atoms with van der Waals surface area (Å²) in [5.41, 5.74) is 0. The Morgan fingerprint density at radius 1 is 1.47 bits per heavy atom. The molecule has 0 bridgehead atoms. The van der Waals surface area contributed by atoms with Gasteiger partial charge in [-0.15, -0.1) is 0 Å². The lowest BCUT2D eigenvalue weighted by molar-refractivity contribution is -0.127. The molecule has 0 aromatic rings. The van der Waals surface area contributed by atoms with E-state index in [0.29, 0.717) is 5.75 Å². The van der Waals surface area contributed by atoms with Gasteiger partial charge in [-0.05, 0) is 6.26 Å². The van der Waals surface area contributed by atoms with E-state index in [1.54, 1.807) is 11.8 Å². The van der Waals surface area contributed by atoms with Crippen LogP contribution in [-0.4, -0.2) is 74.0 Å². The number of carbonyl (C=O) groups excluding carboxylic acids is 1. The summed E-state index contributed by atoms with van der Waals surface area (Å²) in [6, 6.07) is 0. The number of carbonyl (C=O) groups is 1. The van der Waals surface area contributed by atoms with Crippen molar-refractivity contribution in [1.82, 2.24) is 15.1 Å². The number of piperazine rings is 1. The molecule has 1 N–H and O–H groups in total. The van der Waals surface area contributed by atoms with Crippen LogP contribution in [0.3, 0.4) is 0 Å². The number of likely N-dealkylation sites (N-methyl/N-ethyl adjacent to an activating group) is 1. The average molecular weight is 231 g/mol. The summed E-state index contributed by atoms with van der Waals surface area (Å²) in [6.07, 6.45) is 1.96. The molecule has 0 spiro atoms. The molecule has 0 atom stereocenters. The van der Waals surface area contributed by atoms with Crippen LogP contribution in [-0.2, 0) is 4.79 Å². The maximum Gasteiger partial charge on any atom is 0.232 e. The second-order valence-electron chi connectivity index (χ2n) is 3.84. The van der Waals surface area contributed by atoms with E-state index in [1.807, 2.05) is 18.2 Å². The van der Waals surface area contributed by atoms with Crippen molar-refractivity contribution in [3.63, 3.8) is 0 Å². The van der Waals surface area contributed by atoms with Crippen LogP contribution in [0.4, 0.5) is 0 Å². The van der Waals surface area contributed by atoms with E-state index in [9.17, 15) is 4.79 Å². The topological polar surface area (TPSA) is 35.6 Å². The molecule has 0 aliphatic carbocycles. The Kier molecular flexibility index (Phi) is 6.05. The molecule has 5 heteroatoms. The number of rotatable bonds is 5. The van der Waals surface area contributed by atoms with E-state index in [0.717, 1.165) is 39.3 Å². The maximum atomic E-state index is 11.5. The lowest BCUT2D eigenvalue weighted by Gasteiger charge is -2.29. The second-order valence-corrected chi connectivity index (χ2v) is 4.71. The fourth-order valence-corrected chi connectivity index (χ4v) is 2.05. The van der Waals surface area contributed by atoms with Crippen LogP contribution in [0, 0.1) is 0 Å². The Labute approximate surface area is 96.4 Å². The fraction of sp³-hybridized carbons (Fsp3) is 0.900. The molecule has 1 saturated heterocycles. The van der Waals surface area contributed by atoms with Crippen LogP contribution < -0.4 is 5.32 Å². The van der Waals surface area contributed by atoms with E-state index in [-0.39, 0.29) is 5.91 Å². The van der Waals surface area contributed by atoms with E-state index in [4.69, 9.17) is 0 Å². The smallest absolute Gasteiger partial charge is 0.232 e. The molecule has 1 fully saturated rings. The van der Waals surface area contributed by atoms with Gasteiger partial charge in [0.15, 0.2) is 0 Å². The summed E-state index contributed by atoms with van der Waals surface area (Å²) in [5.74, 6) is 0.829. The average Bonchev–Trinajstić information content (AvgIpc) is 2.27. The lowest BCUT2D eigenvalue weighted by atomic mass is 10.3. The summed E-state index contributed by atoms with van der Waals surface area (Å²) in [6.45, 7) is 6.19. The summed E-state index contributed by atoms with van der Waals surface area (Å²) in [5, 5.41) is 3.32. The first kappa shape index (κ1) is 12.8. The lowest BCUT2D eigenvalue weighted by Crippen LogP contribution is -2.46. The van der Waals surface area contributed by atoms with Crippen LogP contribution in [0.25, 0.3) is 0 Å². The number of nitrogens with zero attached hydrogens (tertiary/aromatic N) is 2. The molecule has 4 nitrogen and oxygen atoms in total. The van der Waals surface area contributed by atoms with Gasteiger partial charge in [-0.25, -0.2) is 0 Å². The van der Waals surface area contributed by atoms with Gasteiger partial charge in [-0.2, -0.15) is 11.8 Å². The minimum Gasteiger partial charge on any atom is -0.344 e. The molecule has 0 unspecified atom stereocenters. The molecule has 15 heavy (non-hydrogen) atoms. The fourth-order valence-electron chi connectivity index (χ4n) is 1.58. The number of nitrogens with one attached hydrogen (secondary N) is 1. The van der Waals surface area contributed by atoms with Crippen molar-refractivity contribution in [1.29, 1.82) is 0 Å². The molecule has 1 aliphatic heterocycles. The molecule has 0 radical (unpaired) electrons. The SMILES string of the molecule is CSCC(=O)N(C)CCN1CCNCC1. The maximum absolute atomic E-state index is 11.5. The van der Waals surface area contributed by atoms with Gasteiger partial charge in [0.2, 0.25) is 5.91 Å². The summed E-state index contributed by atoms with van der Waals surface area (Å²) in [7, 11) is 1.89. The van der Waals surface area contributed by atoms with Crippen molar-refractivity contribution in [2.45, 2.75) is 0 Å². The van der Waals surface area contributed by atoms with Crippen LogP contribution in [0.1, 0.15) is 0 Å².